The van der Waals surface area contributed by atoms with E-state index in [0.717, 1.165) is 54.5 Å². The predicted octanol–water partition coefficient (Wildman–Crippen LogP) is 4.02. The largest absolute Gasteiger partial charge is 0.371 e. The first kappa shape index (κ1) is 20.7. The van der Waals surface area contributed by atoms with Crippen LogP contribution in [0.5, 0.6) is 0 Å². The molecule has 34 heavy (non-hydrogen) atoms. The van der Waals surface area contributed by atoms with Crippen LogP contribution < -0.4 is 4.90 Å². The van der Waals surface area contributed by atoms with E-state index >= 15 is 0 Å². The molecule has 2 aliphatic rings. The Kier molecular flexibility index (Phi) is 4.96. The average Bonchev–Trinajstić information content (AvgIpc) is 3.57. The second-order valence-corrected chi connectivity index (χ2v) is 9.63. The molecular weight excluding hydrogens is 422 g/mol. The summed E-state index contributed by atoms with van der Waals surface area (Å²) in [6, 6.07) is 18.9. The molecule has 1 saturated heterocycles. The number of anilines is 1. The molecule has 1 atom stereocenters. The van der Waals surface area contributed by atoms with Gasteiger partial charge < -0.3 is 14.4 Å². The van der Waals surface area contributed by atoms with Crippen molar-refractivity contribution in [3.8, 4) is 34.4 Å². The van der Waals surface area contributed by atoms with Crippen LogP contribution in [0.15, 0.2) is 61.1 Å². The highest BCUT2D eigenvalue weighted by Gasteiger charge is 2.26. The van der Waals surface area contributed by atoms with Crippen molar-refractivity contribution in [2.45, 2.75) is 13.0 Å². The maximum Gasteiger partial charge on any atom is 0.185 e. The lowest BCUT2D eigenvalue weighted by Crippen LogP contribution is -2.25. The molecule has 4 heterocycles. The Morgan fingerprint density at radius 1 is 1.09 bits per heavy atom. The molecule has 1 fully saturated rings. The van der Waals surface area contributed by atoms with Crippen LogP contribution >= 0.6 is 0 Å². The lowest BCUT2D eigenvalue weighted by Gasteiger charge is -2.22. The molecule has 2 aromatic heterocycles. The fourth-order valence-electron chi connectivity index (χ4n) is 5.36. The minimum absolute atomic E-state index is 0.667. The van der Waals surface area contributed by atoms with E-state index < -0.39 is 0 Å². The number of fused-ring (bicyclic) bond motifs is 5. The Hall–Kier alpha value is -3.89. The van der Waals surface area contributed by atoms with Crippen LogP contribution in [0.1, 0.15) is 17.5 Å². The summed E-state index contributed by atoms with van der Waals surface area (Å²) in [6.07, 6.45) is 5.22. The average molecular weight is 450 g/mol. The molecule has 170 valence electrons. The van der Waals surface area contributed by atoms with E-state index in [1.165, 1.54) is 17.7 Å². The van der Waals surface area contributed by atoms with Crippen LogP contribution in [0.2, 0.25) is 0 Å². The Balaban J connectivity index is 1.36. The lowest BCUT2D eigenvalue weighted by atomic mass is 10.1. The third-order valence-electron chi connectivity index (χ3n) is 6.96. The highest BCUT2D eigenvalue weighted by molar-refractivity contribution is 5.72. The Morgan fingerprint density at radius 2 is 1.94 bits per heavy atom. The van der Waals surface area contributed by atoms with Gasteiger partial charge in [0, 0.05) is 43.6 Å². The van der Waals surface area contributed by atoms with Gasteiger partial charge in [0.25, 0.3) is 0 Å². The van der Waals surface area contributed by atoms with Gasteiger partial charge in [-0.1, -0.05) is 12.1 Å². The third kappa shape index (κ3) is 3.57. The first-order valence-electron chi connectivity index (χ1n) is 11.7. The van der Waals surface area contributed by atoms with E-state index in [0.29, 0.717) is 11.5 Å². The van der Waals surface area contributed by atoms with Gasteiger partial charge in [-0.05, 0) is 74.0 Å². The first-order chi connectivity index (χ1) is 16.6. The molecule has 0 radical (unpaired) electrons. The van der Waals surface area contributed by atoms with E-state index in [9.17, 15) is 0 Å². The molecule has 0 saturated carbocycles. The maximum absolute atomic E-state index is 9.12. The highest BCUT2D eigenvalue weighted by Crippen LogP contribution is 2.35. The van der Waals surface area contributed by atoms with Crippen LogP contribution in [0.3, 0.4) is 0 Å². The van der Waals surface area contributed by atoms with Crippen molar-refractivity contribution in [3.63, 3.8) is 0 Å². The number of aromatic nitrogens is 4. The van der Waals surface area contributed by atoms with E-state index in [2.05, 4.69) is 79.8 Å². The van der Waals surface area contributed by atoms with Crippen LogP contribution in [-0.2, 0) is 6.54 Å². The summed E-state index contributed by atoms with van der Waals surface area (Å²) in [7, 11) is 4.31. The molecule has 0 bridgehead atoms. The topological polar surface area (TPSA) is 65.9 Å². The van der Waals surface area contributed by atoms with E-state index in [1.54, 1.807) is 6.33 Å². The second-order valence-electron chi connectivity index (χ2n) is 9.63. The van der Waals surface area contributed by atoms with Gasteiger partial charge in [0.1, 0.15) is 6.33 Å². The molecular formula is C27H27N7. The number of hydrogen-bond donors (Lipinski definition) is 0. The summed E-state index contributed by atoms with van der Waals surface area (Å²) in [6.45, 7) is 4.11. The maximum atomic E-state index is 9.12. The number of hydrogen-bond acceptors (Lipinski definition) is 5. The Bertz CT molecular complexity index is 1390. The SMILES string of the molecule is CN(C)C[C@H]1CCN(c2ccc3c(c2)Cn2cc(-c4ccc(C#N)cc4)cc2-c2nncn2-3)C1. The fraction of sp³-hybridized carbons (Fsp3) is 0.296. The molecule has 2 aliphatic heterocycles. The quantitative estimate of drug-likeness (QED) is 0.415. The van der Waals surface area contributed by atoms with E-state index in [1.807, 2.05) is 24.3 Å². The van der Waals surface area contributed by atoms with Crippen molar-refractivity contribution < 1.29 is 0 Å². The zero-order chi connectivity index (χ0) is 23.2. The molecule has 7 nitrogen and oxygen atoms in total. The van der Waals surface area contributed by atoms with Gasteiger partial charge in [0.05, 0.1) is 23.0 Å². The van der Waals surface area contributed by atoms with Gasteiger partial charge in [-0.25, -0.2) is 0 Å². The van der Waals surface area contributed by atoms with Crippen molar-refractivity contribution in [2.75, 3.05) is 38.6 Å². The highest BCUT2D eigenvalue weighted by atomic mass is 15.3. The predicted molar refractivity (Wildman–Crippen MR) is 133 cm³/mol. The number of benzene rings is 2. The van der Waals surface area contributed by atoms with Crippen LogP contribution in [0.25, 0.3) is 28.3 Å². The minimum Gasteiger partial charge on any atom is -0.371 e. The van der Waals surface area contributed by atoms with Gasteiger partial charge in [-0.3, -0.25) is 4.57 Å². The van der Waals surface area contributed by atoms with Crippen molar-refractivity contribution in [2.24, 2.45) is 5.92 Å². The van der Waals surface area contributed by atoms with Gasteiger partial charge in [0.2, 0.25) is 0 Å². The van der Waals surface area contributed by atoms with Crippen molar-refractivity contribution in [1.82, 2.24) is 24.2 Å². The summed E-state index contributed by atoms with van der Waals surface area (Å²) in [5, 5.41) is 17.8. The molecule has 7 heteroatoms. The smallest absolute Gasteiger partial charge is 0.185 e. The van der Waals surface area contributed by atoms with Gasteiger partial charge in [-0.15, -0.1) is 10.2 Å². The third-order valence-corrected chi connectivity index (χ3v) is 6.96. The number of nitrogens with zero attached hydrogens (tertiary/aromatic N) is 7. The van der Waals surface area contributed by atoms with Gasteiger partial charge in [-0.2, -0.15) is 5.26 Å². The molecule has 4 aromatic rings. The first-order valence-corrected chi connectivity index (χ1v) is 11.7. The van der Waals surface area contributed by atoms with E-state index in [4.69, 9.17) is 5.26 Å². The lowest BCUT2D eigenvalue weighted by molar-refractivity contribution is 0.340. The molecule has 6 rings (SSSR count). The van der Waals surface area contributed by atoms with Crippen molar-refractivity contribution in [3.05, 3.63) is 72.2 Å². The fourth-order valence-corrected chi connectivity index (χ4v) is 5.36. The zero-order valence-corrected chi connectivity index (χ0v) is 19.5. The minimum atomic E-state index is 0.667. The zero-order valence-electron chi connectivity index (χ0n) is 19.5. The molecule has 0 N–H and O–H groups in total. The summed E-state index contributed by atoms with van der Waals surface area (Å²) in [4.78, 5) is 4.81. The molecule has 0 unspecified atom stereocenters. The molecule has 0 amide bonds. The Labute approximate surface area is 199 Å². The standard InChI is InChI=1S/C27H27N7/c1-31(2)14-20-9-10-32(15-20)24-7-8-25-23(11-24)17-33-16-22(21-5-3-19(13-28)4-6-21)12-26(33)27-30-29-18-34(25)27/h3-8,11-12,16,18,20H,9-10,14-15,17H2,1-2H3/t20-/m1/s1. The van der Waals surface area contributed by atoms with Crippen LogP contribution in [0.4, 0.5) is 5.69 Å². The number of nitriles is 1. The summed E-state index contributed by atoms with van der Waals surface area (Å²) in [5.74, 6) is 1.56. The van der Waals surface area contributed by atoms with Gasteiger partial charge >= 0.3 is 0 Å². The van der Waals surface area contributed by atoms with Gasteiger partial charge in [0.15, 0.2) is 5.82 Å². The Morgan fingerprint density at radius 3 is 2.74 bits per heavy atom. The van der Waals surface area contributed by atoms with Crippen molar-refractivity contribution >= 4 is 5.69 Å². The van der Waals surface area contributed by atoms with Crippen LogP contribution in [0, 0.1) is 17.2 Å². The monoisotopic (exact) mass is 449 g/mol. The number of rotatable bonds is 4. The van der Waals surface area contributed by atoms with Crippen LogP contribution in [-0.4, -0.2) is 58.0 Å². The molecule has 0 aliphatic carbocycles. The second kappa shape index (κ2) is 8.15. The van der Waals surface area contributed by atoms with E-state index in [-0.39, 0.29) is 0 Å². The molecule has 0 spiro atoms. The summed E-state index contributed by atoms with van der Waals surface area (Å²) < 4.78 is 4.36. The summed E-state index contributed by atoms with van der Waals surface area (Å²) in [5.41, 5.74) is 7.59. The van der Waals surface area contributed by atoms with Crippen molar-refractivity contribution in [1.29, 1.82) is 5.26 Å². The summed E-state index contributed by atoms with van der Waals surface area (Å²) >= 11 is 0. The molecule has 2 aromatic carbocycles. The normalized spacial score (nSPS) is 16.6.